The van der Waals surface area contributed by atoms with Crippen molar-refractivity contribution in [1.82, 2.24) is 5.32 Å². The Morgan fingerprint density at radius 1 is 1.14 bits per heavy atom. The number of ether oxygens (including phenoxy) is 1. The van der Waals surface area contributed by atoms with Gasteiger partial charge in [-0.15, -0.1) is 0 Å². The highest BCUT2D eigenvalue weighted by atomic mass is 16.6. The number of anilines is 2. The molecule has 1 spiro atoms. The van der Waals surface area contributed by atoms with Crippen molar-refractivity contribution in [3.63, 3.8) is 0 Å². The summed E-state index contributed by atoms with van der Waals surface area (Å²) in [7, 11) is 0. The molecule has 10 nitrogen and oxygen atoms in total. The van der Waals surface area contributed by atoms with E-state index in [1.165, 1.54) is 12.1 Å². The van der Waals surface area contributed by atoms with E-state index in [1.807, 2.05) is 37.8 Å². The van der Waals surface area contributed by atoms with Crippen LogP contribution in [0.3, 0.4) is 0 Å². The van der Waals surface area contributed by atoms with E-state index in [9.17, 15) is 24.5 Å². The van der Waals surface area contributed by atoms with Gasteiger partial charge in [0.25, 0.3) is 11.6 Å². The van der Waals surface area contributed by atoms with Crippen LogP contribution in [0.1, 0.15) is 31.9 Å². The first-order valence-electron chi connectivity index (χ1n) is 11.7. The minimum absolute atomic E-state index is 0.0885. The van der Waals surface area contributed by atoms with Crippen molar-refractivity contribution in [3.8, 4) is 0 Å². The number of nitrogens with zero attached hydrogens (tertiary/aromatic N) is 3. The highest BCUT2D eigenvalue weighted by Crippen LogP contribution is 2.48. The fourth-order valence-electron chi connectivity index (χ4n) is 5.74. The van der Waals surface area contributed by atoms with Gasteiger partial charge >= 0.3 is 6.03 Å². The maximum absolute atomic E-state index is 14.2. The summed E-state index contributed by atoms with van der Waals surface area (Å²) in [6.45, 7) is 6.09. The molecule has 2 aromatic rings. The molecule has 2 fully saturated rings. The molecule has 182 valence electrons. The number of fused-ring (bicyclic) bond motifs is 4. The van der Waals surface area contributed by atoms with Crippen molar-refractivity contribution in [3.05, 3.63) is 63.7 Å². The quantitative estimate of drug-likeness (QED) is 0.409. The van der Waals surface area contributed by atoms with Gasteiger partial charge in [-0.2, -0.15) is 0 Å². The molecule has 5 rings (SSSR count). The first-order valence-corrected chi connectivity index (χ1v) is 11.7. The number of nitro benzene ring substituents is 1. The lowest BCUT2D eigenvalue weighted by Crippen LogP contribution is -2.76. The maximum atomic E-state index is 14.2. The van der Waals surface area contributed by atoms with Gasteiger partial charge in [0.2, 0.25) is 5.91 Å². The van der Waals surface area contributed by atoms with Gasteiger partial charge in [-0.25, -0.2) is 9.69 Å². The smallest absolute Gasteiger partial charge is 0.335 e. The number of nitrogens with one attached hydrogen (secondary N) is 1. The second-order valence-corrected chi connectivity index (χ2v) is 9.39. The largest absolute Gasteiger partial charge is 0.372 e. The lowest BCUT2D eigenvalue weighted by molar-refractivity contribution is -0.384. The van der Waals surface area contributed by atoms with Crippen LogP contribution in [0.2, 0.25) is 0 Å². The zero-order valence-corrected chi connectivity index (χ0v) is 19.7. The van der Waals surface area contributed by atoms with Crippen LogP contribution in [0.25, 0.3) is 0 Å². The number of benzene rings is 2. The number of hydrogen-bond donors (Lipinski definition) is 1. The van der Waals surface area contributed by atoms with Gasteiger partial charge in [-0.05, 0) is 49.6 Å². The molecule has 35 heavy (non-hydrogen) atoms. The molecular formula is C25H26N4O6. The number of rotatable bonds is 3. The summed E-state index contributed by atoms with van der Waals surface area (Å²) in [6.07, 6.45) is -0.00753. The Kier molecular flexibility index (Phi) is 5.36. The molecule has 0 saturated carbocycles. The van der Waals surface area contributed by atoms with Crippen LogP contribution in [0.4, 0.5) is 21.9 Å². The number of carbonyl (C=O) groups excluding carboxylic acids is 3. The van der Waals surface area contributed by atoms with Crippen molar-refractivity contribution in [1.29, 1.82) is 0 Å². The Morgan fingerprint density at radius 2 is 1.86 bits per heavy atom. The average molecular weight is 479 g/mol. The third kappa shape index (κ3) is 3.39. The fourth-order valence-corrected chi connectivity index (χ4v) is 5.74. The van der Waals surface area contributed by atoms with E-state index in [4.69, 9.17) is 4.74 Å². The van der Waals surface area contributed by atoms with Crippen molar-refractivity contribution in [2.45, 2.75) is 51.9 Å². The summed E-state index contributed by atoms with van der Waals surface area (Å²) >= 11 is 0. The number of imide groups is 2. The standard InChI is InChI=1S/C25H26N4O6/c1-4-16-5-7-18(8-6-16)28-23(31)25(22(30)26-24(28)32)12-17-11-19(29(33)34)9-10-20(17)27-13-14(2)35-15(3)21(25)27/h5-11,14-15,21H,4,12-13H2,1-3H3,(H,26,30,32)/t14-,15+,21-,25+/m1/s1. The van der Waals surface area contributed by atoms with E-state index in [-0.39, 0.29) is 18.2 Å². The molecular weight excluding hydrogens is 452 g/mol. The first kappa shape index (κ1) is 23.0. The highest BCUT2D eigenvalue weighted by molar-refractivity contribution is 6.30. The van der Waals surface area contributed by atoms with Crippen molar-refractivity contribution >= 4 is 34.9 Å². The highest BCUT2D eigenvalue weighted by Gasteiger charge is 2.65. The molecule has 3 aliphatic rings. The molecule has 0 aromatic heterocycles. The molecule has 3 heterocycles. The normalized spacial score (nSPS) is 28.0. The van der Waals surface area contributed by atoms with Crippen LogP contribution in [0, 0.1) is 15.5 Å². The Labute approximate surface area is 202 Å². The lowest BCUT2D eigenvalue weighted by atomic mass is 9.66. The molecule has 1 N–H and O–H groups in total. The molecule has 4 atom stereocenters. The Bertz CT molecular complexity index is 1250. The lowest BCUT2D eigenvalue weighted by Gasteiger charge is -2.56. The van der Waals surface area contributed by atoms with E-state index in [0.717, 1.165) is 22.6 Å². The van der Waals surface area contributed by atoms with Crippen LogP contribution >= 0.6 is 0 Å². The second kappa shape index (κ2) is 8.16. The van der Waals surface area contributed by atoms with E-state index in [1.54, 1.807) is 18.2 Å². The van der Waals surface area contributed by atoms with Crippen LogP contribution in [0.15, 0.2) is 42.5 Å². The zero-order valence-electron chi connectivity index (χ0n) is 19.7. The number of urea groups is 1. The van der Waals surface area contributed by atoms with Crippen LogP contribution in [-0.2, 0) is 27.2 Å². The number of hydrogen-bond acceptors (Lipinski definition) is 7. The van der Waals surface area contributed by atoms with Gasteiger partial charge in [-0.3, -0.25) is 25.0 Å². The fraction of sp³-hybridized carbons (Fsp3) is 0.400. The molecule has 4 amide bonds. The third-order valence-electron chi connectivity index (χ3n) is 7.25. The van der Waals surface area contributed by atoms with Gasteiger partial charge in [0.15, 0.2) is 5.41 Å². The molecule has 0 aliphatic carbocycles. The summed E-state index contributed by atoms with van der Waals surface area (Å²) in [4.78, 5) is 54.6. The molecule has 0 radical (unpaired) electrons. The van der Waals surface area contributed by atoms with Crippen molar-refractivity contribution < 1.29 is 24.0 Å². The SMILES string of the molecule is CCc1ccc(N2C(=O)NC(=O)[C@@]3(Cc4cc([N+](=O)[O-])ccc4N4C[C@@H](C)O[C@@H](C)[C@@H]43)C2=O)cc1. The number of carbonyl (C=O) groups is 3. The van der Waals surface area contributed by atoms with Crippen molar-refractivity contribution in [2.75, 3.05) is 16.3 Å². The van der Waals surface area contributed by atoms with E-state index < -0.39 is 40.3 Å². The predicted octanol–water partition coefficient (Wildman–Crippen LogP) is 2.96. The van der Waals surface area contributed by atoms with Gasteiger partial charge in [0, 0.05) is 30.8 Å². The van der Waals surface area contributed by atoms with Crippen LogP contribution in [0.5, 0.6) is 0 Å². The summed E-state index contributed by atoms with van der Waals surface area (Å²) in [5, 5.41) is 13.9. The second-order valence-electron chi connectivity index (χ2n) is 9.39. The number of non-ortho nitro benzene ring substituents is 1. The van der Waals surface area contributed by atoms with Gasteiger partial charge in [0.1, 0.15) is 0 Å². The molecule has 3 aliphatic heterocycles. The van der Waals surface area contributed by atoms with Crippen molar-refractivity contribution in [2.24, 2.45) is 5.41 Å². The topological polar surface area (TPSA) is 122 Å². The molecule has 2 aromatic carbocycles. The first-order chi connectivity index (χ1) is 16.7. The predicted molar refractivity (Wildman–Crippen MR) is 127 cm³/mol. The van der Waals surface area contributed by atoms with E-state index in [0.29, 0.717) is 17.8 Å². The summed E-state index contributed by atoms with van der Waals surface area (Å²) in [6, 6.07) is 10.0. The van der Waals surface area contributed by atoms with Gasteiger partial charge in [0.05, 0.1) is 28.9 Å². The summed E-state index contributed by atoms with van der Waals surface area (Å²) < 4.78 is 6.07. The molecule has 0 unspecified atom stereocenters. The average Bonchev–Trinajstić information content (AvgIpc) is 2.82. The maximum Gasteiger partial charge on any atom is 0.335 e. The number of morpholine rings is 1. The Morgan fingerprint density at radius 3 is 2.51 bits per heavy atom. The van der Waals surface area contributed by atoms with E-state index >= 15 is 0 Å². The summed E-state index contributed by atoms with van der Waals surface area (Å²) in [5.74, 6) is -1.38. The minimum atomic E-state index is -1.71. The number of nitro groups is 1. The number of barbiturate groups is 1. The number of aryl methyl sites for hydroxylation is 1. The van der Waals surface area contributed by atoms with Gasteiger partial charge < -0.3 is 9.64 Å². The minimum Gasteiger partial charge on any atom is -0.372 e. The Balaban J connectivity index is 1.68. The molecule has 10 heteroatoms. The van der Waals surface area contributed by atoms with Crippen LogP contribution < -0.4 is 15.1 Å². The molecule has 2 saturated heterocycles. The van der Waals surface area contributed by atoms with Gasteiger partial charge in [-0.1, -0.05) is 19.1 Å². The monoisotopic (exact) mass is 478 g/mol. The molecule has 0 bridgehead atoms. The van der Waals surface area contributed by atoms with Crippen LogP contribution in [-0.4, -0.2) is 47.6 Å². The summed E-state index contributed by atoms with van der Waals surface area (Å²) in [5.41, 5.74) is 0.793. The van der Waals surface area contributed by atoms with E-state index in [2.05, 4.69) is 5.32 Å². The number of amides is 4. The third-order valence-corrected chi connectivity index (χ3v) is 7.25. The Hall–Kier alpha value is -3.79. The zero-order chi connectivity index (χ0) is 25.1.